The van der Waals surface area contributed by atoms with E-state index in [1.54, 1.807) is 25.4 Å². The van der Waals surface area contributed by atoms with Gasteiger partial charge in [0.25, 0.3) is 5.91 Å². The van der Waals surface area contributed by atoms with Crippen LogP contribution in [0, 0.1) is 0 Å². The summed E-state index contributed by atoms with van der Waals surface area (Å²) in [4.78, 5) is 18.2. The molecule has 2 aromatic rings. The molecule has 7 heteroatoms. The molecule has 1 saturated heterocycles. The number of nitrogens with zero attached hydrogens (tertiary/aromatic N) is 5. The van der Waals surface area contributed by atoms with Crippen molar-refractivity contribution in [3.05, 3.63) is 42.0 Å². The van der Waals surface area contributed by atoms with Crippen LogP contribution in [-0.4, -0.2) is 51.0 Å². The fraction of sp³-hybridized carbons (Fsp3) is 0.429. The van der Waals surface area contributed by atoms with E-state index in [-0.39, 0.29) is 11.9 Å². The van der Waals surface area contributed by atoms with Crippen LogP contribution in [0.3, 0.4) is 0 Å². The van der Waals surface area contributed by atoms with Crippen LogP contribution in [0.25, 0.3) is 0 Å². The number of rotatable bonds is 4. The maximum absolute atomic E-state index is 12.3. The van der Waals surface area contributed by atoms with Gasteiger partial charge < -0.3 is 9.64 Å². The molecule has 2 aromatic heterocycles. The summed E-state index contributed by atoms with van der Waals surface area (Å²) in [5.74, 6) is -0.0321. The van der Waals surface area contributed by atoms with Gasteiger partial charge in [-0.15, -0.1) is 5.10 Å². The zero-order chi connectivity index (χ0) is 14.7. The highest BCUT2D eigenvalue weighted by atomic mass is 16.5. The number of hydrogen-bond acceptors (Lipinski definition) is 5. The standard InChI is InChI=1S/C14H17N5O2/c1-21-10-11-8-19(17-16-11)12-5-7-18(9-12)14(20)13-4-2-3-6-15-13/h2-4,6,8,12H,5,7,9-10H2,1H3. The summed E-state index contributed by atoms with van der Waals surface area (Å²) in [6.07, 6.45) is 4.38. The van der Waals surface area contributed by atoms with Crippen LogP contribution < -0.4 is 0 Å². The summed E-state index contributed by atoms with van der Waals surface area (Å²) in [6, 6.07) is 5.52. The van der Waals surface area contributed by atoms with Crippen LogP contribution in [0.1, 0.15) is 28.6 Å². The number of ether oxygens (including phenoxy) is 1. The quantitative estimate of drug-likeness (QED) is 0.835. The Labute approximate surface area is 122 Å². The third-order valence-electron chi connectivity index (χ3n) is 3.56. The smallest absolute Gasteiger partial charge is 0.272 e. The number of aromatic nitrogens is 4. The minimum absolute atomic E-state index is 0.0321. The van der Waals surface area contributed by atoms with Gasteiger partial charge in [0.05, 0.1) is 18.8 Å². The van der Waals surface area contributed by atoms with Gasteiger partial charge in [-0.2, -0.15) is 0 Å². The minimum Gasteiger partial charge on any atom is -0.378 e. The van der Waals surface area contributed by atoms with Gasteiger partial charge in [-0.05, 0) is 18.6 Å². The summed E-state index contributed by atoms with van der Waals surface area (Å²) >= 11 is 0. The third-order valence-corrected chi connectivity index (χ3v) is 3.56. The molecule has 21 heavy (non-hydrogen) atoms. The second kappa shape index (κ2) is 6.01. The van der Waals surface area contributed by atoms with E-state index in [0.29, 0.717) is 25.4 Å². The van der Waals surface area contributed by atoms with E-state index < -0.39 is 0 Å². The number of methoxy groups -OCH3 is 1. The Kier molecular flexibility index (Phi) is 3.92. The Morgan fingerprint density at radius 1 is 1.48 bits per heavy atom. The SMILES string of the molecule is COCc1cn(C2CCN(C(=O)c3ccccn3)C2)nn1. The molecule has 1 fully saturated rings. The van der Waals surface area contributed by atoms with Gasteiger partial charge in [0, 0.05) is 26.4 Å². The summed E-state index contributed by atoms with van der Waals surface area (Å²) in [5, 5.41) is 8.17. The van der Waals surface area contributed by atoms with Gasteiger partial charge in [-0.3, -0.25) is 9.78 Å². The molecule has 1 aliphatic rings. The molecule has 110 valence electrons. The van der Waals surface area contributed by atoms with E-state index in [4.69, 9.17) is 4.74 Å². The molecule has 0 aliphatic carbocycles. The largest absolute Gasteiger partial charge is 0.378 e. The molecule has 1 unspecified atom stereocenters. The first-order valence-corrected chi connectivity index (χ1v) is 6.88. The minimum atomic E-state index is -0.0321. The molecule has 0 saturated carbocycles. The summed E-state index contributed by atoms with van der Waals surface area (Å²) in [6.45, 7) is 1.79. The fourth-order valence-corrected chi connectivity index (χ4v) is 2.50. The Balaban J connectivity index is 1.66. The highest BCUT2D eigenvalue weighted by molar-refractivity contribution is 5.92. The van der Waals surface area contributed by atoms with Gasteiger partial charge in [0.15, 0.2) is 0 Å². The molecule has 3 heterocycles. The number of carbonyl (C=O) groups is 1. The first kappa shape index (κ1) is 13.7. The highest BCUT2D eigenvalue weighted by Gasteiger charge is 2.29. The maximum Gasteiger partial charge on any atom is 0.272 e. The van der Waals surface area contributed by atoms with Crippen LogP contribution in [-0.2, 0) is 11.3 Å². The molecular weight excluding hydrogens is 270 g/mol. The predicted octanol–water partition coefficient (Wildman–Crippen LogP) is 0.907. The Morgan fingerprint density at radius 3 is 3.14 bits per heavy atom. The van der Waals surface area contributed by atoms with E-state index in [2.05, 4.69) is 15.3 Å². The van der Waals surface area contributed by atoms with E-state index >= 15 is 0 Å². The number of carbonyl (C=O) groups excluding carboxylic acids is 1. The van der Waals surface area contributed by atoms with Crippen molar-refractivity contribution >= 4 is 5.91 Å². The monoisotopic (exact) mass is 287 g/mol. The van der Waals surface area contributed by atoms with Crippen molar-refractivity contribution in [2.45, 2.75) is 19.1 Å². The predicted molar refractivity (Wildman–Crippen MR) is 74.5 cm³/mol. The average molecular weight is 287 g/mol. The van der Waals surface area contributed by atoms with E-state index in [9.17, 15) is 4.79 Å². The van der Waals surface area contributed by atoms with Crippen LogP contribution in [0.2, 0.25) is 0 Å². The lowest BCUT2D eigenvalue weighted by molar-refractivity contribution is 0.0781. The second-order valence-electron chi connectivity index (χ2n) is 5.03. The molecule has 1 aliphatic heterocycles. The van der Waals surface area contributed by atoms with E-state index in [1.165, 1.54) is 0 Å². The second-order valence-corrected chi connectivity index (χ2v) is 5.03. The molecule has 0 aromatic carbocycles. The molecule has 0 N–H and O–H groups in total. The first-order valence-electron chi connectivity index (χ1n) is 6.88. The van der Waals surface area contributed by atoms with E-state index in [0.717, 1.165) is 12.1 Å². The zero-order valence-electron chi connectivity index (χ0n) is 11.8. The number of likely N-dealkylation sites (tertiary alicyclic amines) is 1. The van der Waals surface area contributed by atoms with Crippen molar-refractivity contribution in [3.8, 4) is 0 Å². The number of pyridine rings is 1. The van der Waals surface area contributed by atoms with Crippen molar-refractivity contribution in [2.24, 2.45) is 0 Å². The maximum atomic E-state index is 12.3. The van der Waals surface area contributed by atoms with Gasteiger partial charge in [0.1, 0.15) is 11.4 Å². The van der Waals surface area contributed by atoms with Gasteiger partial charge in [-0.25, -0.2) is 4.68 Å². The number of amides is 1. The molecule has 0 bridgehead atoms. The lowest BCUT2D eigenvalue weighted by Gasteiger charge is -2.15. The van der Waals surface area contributed by atoms with Crippen molar-refractivity contribution < 1.29 is 9.53 Å². The number of hydrogen-bond donors (Lipinski definition) is 0. The van der Waals surface area contributed by atoms with Crippen molar-refractivity contribution in [3.63, 3.8) is 0 Å². The summed E-state index contributed by atoms with van der Waals surface area (Å²) in [7, 11) is 1.63. The highest BCUT2D eigenvalue weighted by Crippen LogP contribution is 2.22. The van der Waals surface area contributed by atoms with Crippen molar-refractivity contribution in [1.29, 1.82) is 0 Å². The van der Waals surface area contributed by atoms with Crippen LogP contribution in [0.5, 0.6) is 0 Å². The van der Waals surface area contributed by atoms with Gasteiger partial charge >= 0.3 is 0 Å². The van der Waals surface area contributed by atoms with Gasteiger partial charge in [0.2, 0.25) is 0 Å². The van der Waals surface area contributed by atoms with Crippen LogP contribution in [0.4, 0.5) is 0 Å². The van der Waals surface area contributed by atoms with Crippen molar-refractivity contribution in [1.82, 2.24) is 24.9 Å². The molecular formula is C14H17N5O2. The zero-order valence-corrected chi connectivity index (χ0v) is 11.8. The van der Waals surface area contributed by atoms with Crippen molar-refractivity contribution in [2.75, 3.05) is 20.2 Å². The topological polar surface area (TPSA) is 73.1 Å². The normalized spacial score (nSPS) is 18.1. The van der Waals surface area contributed by atoms with Crippen LogP contribution >= 0.6 is 0 Å². The average Bonchev–Trinajstić information content (AvgIpc) is 3.16. The lowest BCUT2D eigenvalue weighted by Crippen LogP contribution is -2.29. The molecule has 7 nitrogen and oxygen atoms in total. The molecule has 1 atom stereocenters. The Morgan fingerprint density at radius 2 is 2.38 bits per heavy atom. The lowest BCUT2D eigenvalue weighted by atomic mass is 10.3. The fourth-order valence-electron chi connectivity index (χ4n) is 2.50. The molecule has 1 amide bonds. The molecule has 0 spiro atoms. The first-order chi connectivity index (χ1) is 10.3. The van der Waals surface area contributed by atoms with Gasteiger partial charge in [-0.1, -0.05) is 11.3 Å². The van der Waals surface area contributed by atoms with Crippen LogP contribution in [0.15, 0.2) is 30.6 Å². The Hall–Kier alpha value is -2.28. The molecule has 0 radical (unpaired) electrons. The third kappa shape index (κ3) is 2.92. The molecule has 3 rings (SSSR count). The summed E-state index contributed by atoms with van der Waals surface area (Å²) < 4.78 is 6.85. The van der Waals surface area contributed by atoms with E-state index in [1.807, 2.05) is 21.8 Å². The summed E-state index contributed by atoms with van der Waals surface area (Å²) in [5.41, 5.74) is 1.28. The Bertz CT molecular complexity index is 613.